The van der Waals surface area contributed by atoms with Crippen LogP contribution in [0.15, 0.2) is 60.4 Å². The molecule has 2 aromatic rings. The lowest BCUT2D eigenvalue weighted by molar-refractivity contribution is 0.0980. The van der Waals surface area contributed by atoms with Gasteiger partial charge in [-0.05, 0) is 35.9 Å². The first kappa shape index (κ1) is 13.9. The van der Waals surface area contributed by atoms with E-state index < -0.39 is 0 Å². The Kier molecular flexibility index (Phi) is 4.20. The summed E-state index contributed by atoms with van der Waals surface area (Å²) in [6.45, 7) is 0. The van der Waals surface area contributed by atoms with Gasteiger partial charge in [-0.1, -0.05) is 30.3 Å². The number of aliphatic hydroxyl groups excluding tert-OH is 1. The fraction of sp³-hybridized carbons (Fsp3) is 0.118. The maximum atomic E-state index is 12.1. The number of allylic oxidation sites excluding steroid dienone is 1. The molecule has 102 valence electrons. The molecule has 0 unspecified atom stereocenters. The highest BCUT2D eigenvalue weighted by molar-refractivity contribution is 6.09. The lowest BCUT2D eigenvalue weighted by Gasteiger charge is -2.12. The van der Waals surface area contributed by atoms with Gasteiger partial charge in [0.15, 0.2) is 5.76 Å². The van der Waals surface area contributed by atoms with Crippen LogP contribution in [0.25, 0.3) is 6.08 Å². The number of carbonyl (C=O) groups is 1. The molecular formula is C17H17NO2. The third kappa shape index (κ3) is 3.26. The van der Waals surface area contributed by atoms with E-state index >= 15 is 0 Å². The molecule has 0 amide bonds. The van der Waals surface area contributed by atoms with Crippen LogP contribution in [0.4, 0.5) is 5.69 Å². The van der Waals surface area contributed by atoms with Crippen molar-refractivity contribution in [3.63, 3.8) is 0 Å². The number of nitrogens with zero attached hydrogens (tertiary/aromatic N) is 1. The molecule has 3 nitrogen and oxygen atoms in total. The number of hydrogen-bond donors (Lipinski definition) is 1. The van der Waals surface area contributed by atoms with Crippen molar-refractivity contribution in [2.24, 2.45) is 0 Å². The van der Waals surface area contributed by atoms with E-state index in [-0.39, 0.29) is 11.5 Å². The lowest BCUT2D eigenvalue weighted by atomic mass is 10.1. The summed E-state index contributed by atoms with van der Waals surface area (Å²) in [5.41, 5.74) is 2.27. The third-order valence-corrected chi connectivity index (χ3v) is 2.98. The minimum atomic E-state index is -0.376. The Morgan fingerprint density at radius 2 is 1.60 bits per heavy atom. The van der Waals surface area contributed by atoms with E-state index in [4.69, 9.17) is 0 Å². The Hall–Kier alpha value is -2.55. The van der Waals surface area contributed by atoms with Gasteiger partial charge in [-0.25, -0.2) is 0 Å². The molecule has 0 heterocycles. The Morgan fingerprint density at radius 3 is 2.15 bits per heavy atom. The maximum Gasteiger partial charge on any atom is 0.227 e. The van der Waals surface area contributed by atoms with E-state index in [2.05, 4.69) is 0 Å². The molecule has 0 aliphatic rings. The first-order valence-electron chi connectivity index (χ1n) is 6.36. The molecule has 20 heavy (non-hydrogen) atoms. The highest BCUT2D eigenvalue weighted by atomic mass is 16.3. The Labute approximate surface area is 118 Å². The summed E-state index contributed by atoms with van der Waals surface area (Å²) in [6.07, 6.45) is 1.47. The number of carbonyl (C=O) groups excluding carboxylic acids is 1. The predicted molar refractivity (Wildman–Crippen MR) is 82.1 cm³/mol. The molecule has 0 bridgehead atoms. The van der Waals surface area contributed by atoms with Gasteiger partial charge < -0.3 is 10.0 Å². The molecule has 1 N–H and O–H groups in total. The molecule has 0 fully saturated rings. The zero-order chi connectivity index (χ0) is 14.5. The fourth-order valence-corrected chi connectivity index (χ4v) is 1.83. The Balaban J connectivity index is 2.20. The first-order valence-corrected chi connectivity index (χ1v) is 6.36. The standard InChI is InChI=1S/C17H17NO2/c1-18(2)15-10-8-14(9-11-15)17(20)16(19)12-13-6-4-3-5-7-13/h3-12,19H,1-2H3/b16-12+. The summed E-state index contributed by atoms with van der Waals surface area (Å²) < 4.78 is 0. The summed E-state index contributed by atoms with van der Waals surface area (Å²) in [5.74, 6) is -0.632. The van der Waals surface area contributed by atoms with Crippen molar-refractivity contribution in [2.45, 2.75) is 0 Å². The van der Waals surface area contributed by atoms with Crippen LogP contribution in [0.2, 0.25) is 0 Å². The fourth-order valence-electron chi connectivity index (χ4n) is 1.83. The van der Waals surface area contributed by atoms with Crippen LogP contribution >= 0.6 is 0 Å². The third-order valence-electron chi connectivity index (χ3n) is 2.98. The van der Waals surface area contributed by atoms with Crippen LogP contribution in [0, 0.1) is 0 Å². The number of aliphatic hydroxyl groups is 1. The molecule has 2 aromatic carbocycles. The van der Waals surface area contributed by atoms with Crippen molar-refractivity contribution in [1.82, 2.24) is 0 Å². The molecule has 0 spiro atoms. The van der Waals surface area contributed by atoms with Crippen LogP contribution in [0.5, 0.6) is 0 Å². The summed E-state index contributed by atoms with van der Waals surface area (Å²) in [6, 6.07) is 16.4. The summed E-state index contributed by atoms with van der Waals surface area (Å²) in [5, 5.41) is 9.90. The molecule has 0 radical (unpaired) electrons. The summed E-state index contributed by atoms with van der Waals surface area (Å²) in [7, 11) is 3.87. The van der Waals surface area contributed by atoms with E-state index in [1.807, 2.05) is 61.5 Å². The van der Waals surface area contributed by atoms with Gasteiger partial charge in [-0.3, -0.25) is 4.79 Å². The van der Waals surface area contributed by atoms with Gasteiger partial charge in [0, 0.05) is 25.3 Å². The molecule has 0 aliphatic heterocycles. The molecule has 2 rings (SSSR count). The quantitative estimate of drug-likeness (QED) is 0.523. The van der Waals surface area contributed by atoms with E-state index in [0.717, 1.165) is 11.3 Å². The van der Waals surface area contributed by atoms with Crippen molar-refractivity contribution in [2.75, 3.05) is 19.0 Å². The smallest absolute Gasteiger partial charge is 0.227 e. The maximum absolute atomic E-state index is 12.1. The molecule has 0 saturated heterocycles. The van der Waals surface area contributed by atoms with Crippen LogP contribution in [-0.4, -0.2) is 25.0 Å². The molecular weight excluding hydrogens is 250 g/mol. The predicted octanol–water partition coefficient (Wildman–Crippen LogP) is 3.53. The first-order chi connectivity index (χ1) is 9.58. The molecule has 0 saturated carbocycles. The van der Waals surface area contributed by atoms with E-state index in [9.17, 15) is 9.90 Å². The van der Waals surface area contributed by atoms with Gasteiger partial charge in [-0.15, -0.1) is 0 Å². The van der Waals surface area contributed by atoms with Crippen molar-refractivity contribution in [1.29, 1.82) is 0 Å². The van der Waals surface area contributed by atoms with E-state index in [0.29, 0.717) is 5.56 Å². The second-order valence-corrected chi connectivity index (χ2v) is 4.71. The van der Waals surface area contributed by atoms with Crippen LogP contribution in [0.3, 0.4) is 0 Å². The second kappa shape index (κ2) is 6.06. The second-order valence-electron chi connectivity index (χ2n) is 4.71. The molecule has 0 aromatic heterocycles. The van der Waals surface area contributed by atoms with Gasteiger partial charge in [0.25, 0.3) is 0 Å². The molecule has 3 heteroatoms. The van der Waals surface area contributed by atoms with Gasteiger partial charge in [0.2, 0.25) is 5.78 Å². The number of anilines is 1. The van der Waals surface area contributed by atoms with Gasteiger partial charge >= 0.3 is 0 Å². The Bertz CT molecular complexity index is 613. The number of ketones is 1. The number of Topliss-reactive ketones (excluding diaryl/α,β-unsaturated/α-hetero) is 1. The minimum absolute atomic E-state index is 0.256. The van der Waals surface area contributed by atoms with Crippen molar-refractivity contribution in [3.05, 3.63) is 71.5 Å². The monoisotopic (exact) mass is 267 g/mol. The topological polar surface area (TPSA) is 40.5 Å². The minimum Gasteiger partial charge on any atom is -0.504 e. The highest BCUT2D eigenvalue weighted by Crippen LogP contribution is 2.15. The number of rotatable bonds is 4. The zero-order valence-corrected chi connectivity index (χ0v) is 11.6. The summed E-state index contributed by atoms with van der Waals surface area (Å²) >= 11 is 0. The Morgan fingerprint density at radius 1 is 1.00 bits per heavy atom. The van der Waals surface area contributed by atoms with Crippen molar-refractivity contribution < 1.29 is 9.90 Å². The van der Waals surface area contributed by atoms with Crippen LogP contribution in [0.1, 0.15) is 15.9 Å². The lowest BCUT2D eigenvalue weighted by Crippen LogP contribution is -2.09. The van der Waals surface area contributed by atoms with Gasteiger partial charge in [0.05, 0.1) is 0 Å². The largest absolute Gasteiger partial charge is 0.504 e. The zero-order valence-electron chi connectivity index (χ0n) is 11.6. The normalized spacial score (nSPS) is 11.2. The van der Waals surface area contributed by atoms with Gasteiger partial charge in [-0.2, -0.15) is 0 Å². The number of benzene rings is 2. The average Bonchev–Trinajstić information content (AvgIpc) is 2.47. The SMILES string of the molecule is CN(C)c1ccc(C(=O)/C(O)=C\c2ccccc2)cc1. The van der Waals surface area contributed by atoms with E-state index in [1.165, 1.54) is 6.08 Å². The van der Waals surface area contributed by atoms with Crippen molar-refractivity contribution >= 4 is 17.5 Å². The molecule has 0 atom stereocenters. The van der Waals surface area contributed by atoms with E-state index in [1.54, 1.807) is 12.1 Å². The summed E-state index contributed by atoms with van der Waals surface area (Å²) in [4.78, 5) is 14.1. The van der Waals surface area contributed by atoms with Crippen LogP contribution in [-0.2, 0) is 0 Å². The van der Waals surface area contributed by atoms with Crippen LogP contribution < -0.4 is 4.90 Å². The highest BCUT2D eigenvalue weighted by Gasteiger charge is 2.11. The van der Waals surface area contributed by atoms with Crippen molar-refractivity contribution in [3.8, 4) is 0 Å². The number of hydrogen-bond acceptors (Lipinski definition) is 3. The molecule has 0 aliphatic carbocycles. The average molecular weight is 267 g/mol. The van der Waals surface area contributed by atoms with Gasteiger partial charge in [0.1, 0.15) is 0 Å².